The number of aryl methyl sites for hydroxylation is 2. The number of carbonyl (C=O) groups excluding carboxylic acids is 1. The lowest BCUT2D eigenvalue weighted by Crippen LogP contribution is -2.17. The number of nitrogens with one attached hydrogen (secondary N) is 1. The Hall–Kier alpha value is -3.05. The van der Waals surface area contributed by atoms with Gasteiger partial charge in [-0.15, -0.1) is 11.3 Å². The molecule has 2 aromatic carbocycles. The van der Waals surface area contributed by atoms with Gasteiger partial charge in [0.2, 0.25) is 5.78 Å². The Morgan fingerprint density at radius 3 is 2.43 bits per heavy atom. The van der Waals surface area contributed by atoms with Gasteiger partial charge in [0.25, 0.3) is 5.56 Å². The number of aromatic nitrogens is 2. The first kappa shape index (κ1) is 17.1. The minimum absolute atomic E-state index is 0.114. The summed E-state index contributed by atoms with van der Waals surface area (Å²) >= 11 is 1.56. The molecular formula is C23H18N2O2S. The van der Waals surface area contributed by atoms with Crippen LogP contribution in [0.2, 0.25) is 0 Å². The number of aromatic amines is 1. The molecule has 4 aromatic rings. The van der Waals surface area contributed by atoms with E-state index in [0.717, 1.165) is 42.4 Å². The third-order valence-electron chi connectivity index (χ3n) is 5.29. The van der Waals surface area contributed by atoms with E-state index < -0.39 is 0 Å². The van der Waals surface area contributed by atoms with Gasteiger partial charge < -0.3 is 4.98 Å². The zero-order valence-electron chi connectivity index (χ0n) is 15.2. The quantitative estimate of drug-likeness (QED) is 0.516. The molecule has 28 heavy (non-hydrogen) atoms. The maximum atomic E-state index is 12.9. The highest BCUT2D eigenvalue weighted by Gasteiger charge is 2.21. The summed E-state index contributed by atoms with van der Waals surface area (Å²) < 4.78 is 0. The molecule has 0 radical (unpaired) electrons. The van der Waals surface area contributed by atoms with E-state index in [2.05, 4.69) is 9.97 Å². The Morgan fingerprint density at radius 2 is 1.64 bits per heavy atom. The van der Waals surface area contributed by atoms with E-state index in [1.54, 1.807) is 23.5 Å². The topological polar surface area (TPSA) is 62.8 Å². The summed E-state index contributed by atoms with van der Waals surface area (Å²) in [5.41, 5.74) is 3.59. The van der Waals surface area contributed by atoms with Crippen LogP contribution in [-0.4, -0.2) is 15.8 Å². The average molecular weight is 386 g/mol. The molecule has 1 aliphatic carbocycles. The second kappa shape index (κ2) is 6.84. The minimum Gasteiger partial charge on any atom is -0.303 e. The van der Waals surface area contributed by atoms with E-state index in [1.807, 2.05) is 42.5 Å². The molecule has 1 aliphatic rings. The van der Waals surface area contributed by atoms with Crippen LogP contribution < -0.4 is 5.56 Å². The zero-order chi connectivity index (χ0) is 19.1. The number of rotatable bonds is 3. The van der Waals surface area contributed by atoms with E-state index in [9.17, 15) is 9.59 Å². The van der Waals surface area contributed by atoms with Gasteiger partial charge in [-0.05, 0) is 42.4 Å². The van der Waals surface area contributed by atoms with Crippen LogP contribution in [0.4, 0.5) is 0 Å². The van der Waals surface area contributed by atoms with E-state index in [-0.39, 0.29) is 17.2 Å². The molecular weight excluding hydrogens is 368 g/mol. The van der Waals surface area contributed by atoms with Crippen LogP contribution in [0.3, 0.4) is 0 Å². The van der Waals surface area contributed by atoms with Gasteiger partial charge in [-0.1, -0.05) is 54.6 Å². The first-order valence-electron chi connectivity index (χ1n) is 9.45. The molecule has 0 fully saturated rings. The Labute approximate surface area is 165 Å². The van der Waals surface area contributed by atoms with Crippen molar-refractivity contribution in [3.63, 3.8) is 0 Å². The second-order valence-corrected chi connectivity index (χ2v) is 8.16. The van der Waals surface area contributed by atoms with Gasteiger partial charge in [0.1, 0.15) is 4.83 Å². The van der Waals surface area contributed by atoms with Crippen molar-refractivity contribution in [3.8, 4) is 11.1 Å². The van der Waals surface area contributed by atoms with Crippen molar-refractivity contribution in [3.05, 3.63) is 86.8 Å². The van der Waals surface area contributed by atoms with Crippen molar-refractivity contribution in [1.82, 2.24) is 9.97 Å². The normalized spacial score (nSPS) is 13.4. The molecule has 0 bridgehead atoms. The molecule has 138 valence electrons. The van der Waals surface area contributed by atoms with Gasteiger partial charge in [0, 0.05) is 10.4 Å². The third kappa shape index (κ3) is 2.88. The molecule has 5 rings (SSSR count). The predicted octanol–water partition coefficient (Wildman–Crippen LogP) is 4.76. The molecule has 2 heterocycles. The number of nitrogens with zero attached hydrogens (tertiary/aromatic N) is 1. The van der Waals surface area contributed by atoms with Crippen LogP contribution in [-0.2, 0) is 12.8 Å². The highest BCUT2D eigenvalue weighted by atomic mass is 32.1. The van der Waals surface area contributed by atoms with E-state index >= 15 is 0 Å². The van der Waals surface area contributed by atoms with Crippen LogP contribution in [0.15, 0.2) is 59.4 Å². The Bertz CT molecular complexity index is 1240. The van der Waals surface area contributed by atoms with Crippen LogP contribution in [0.1, 0.15) is 39.5 Å². The fraction of sp³-hybridized carbons (Fsp3) is 0.174. The van der Waals surface area contributed by atoms with Gasteiger partial charge in [-0.3, -0.25) is 9.59 Å². The molecule has 2 aromatic heterocycles. The summed E-state index contributed by atoms with van der Waals surface area (Å²) in [5, 5.41) is 0.677. The number of thiophene rings is 1. The van der Waals surface area contributed by atoms with Crippen molar-refractivity contribution in [1.29, 1.82) is 0 Å². The zero-order valence-corrected chi connectivity index (χ0v) is 16.0. The minimum atomic E-state index is -0.259. The summed E-state index contributed by atoms with van der Waals surface area (Å²) in [6.07, 6.45) is 4.18. The number of hydrogen-bond donors (Lipinski definition) is 1. The highest BCUT2D eigenvalue weighted by Crippen LogP contribution is 2.33. The molecule has 1 N–H and O–H groups in total. The predicted molar refractivity (Wildman–Crippen MR) is 112 cm³/mol. The molecule has 0 unspecified atom stereocenters. The number of carbonyl (C=O) groups is 1. The molecule has 0 atom stereocenters. The molecule has 0 saturated heterocycles. The fourth-order valence-electron chi connectivity index (χ4n) is 3.85. The van der Waals surface area contributed by atoms with E-state index in [1.165, 1.54) is 4.88 Å². The number of fused-ring (bicyclic) bond motifs is 3. The lowest BCUT2D eigenvalue weighted by Gasteiger charge is -2.09. The van der Waals surface area contributed by atoms with Crippen LogP contribution in [0.5, 0.6) is 0 Å². The molecule has 0 amide bonds. The lowest BCUT2D eigenvalue weighted by atomic mass is 9.97. The summed E-state index contributed by atoms with van der Waals surface area (Å²) in [7, 11) is 0. The van der Waals surface area contributed by atoms with E-state index in [0.29, 0.717) is 15.8 Å². The van der Waals surface area contributed by atoms with E-state index in [4.69, 9.17) is 0 Å². The summed E-state index contributed by atoms with van der Waals surface area (Å²) in [4.78, 5) is 34.7. The lowest BCUT2D eigenvalue weighted by molar-refractivity contribution is 0.102. The van der Waals surface area contributed by atoms with Crippen LogP contribution in [0.25, 0.3) is 21.3 Å². The first-order valence-corrected chi connectivity index (χ1v) is 10.3. The monoisotopic (exact) mass is 386 g/mol. The Balaban J connectivity index is 1.51. The van der Waals surface area contributed by atoms with Gasteiger partial charge in [0.05, 0.1) is 5.39 Å². The summed E-state index contributed by atoms with van der Waals surface area (Å²) in [6, 6.07) is 17.4. The number of hydrogen-bond acceptors (Lipinski definition) is 4. The molecule has 0 saturated carbocycles. The first-order chi connectivity index (χ1) is 13.7. The van der Waals surface area contributed by atoms with Gasteiger partial charge in [0.15, 0.2) is 5.82 Å². The van der Waals surface area contributed by atoms with Crippen molar-refractivity contribution in [2.45, 2.75) is 25.7 Å². The molecule has 5 heteroatoms. The van der Waals surface area contributed by atoms with Crippen LogP contribution >= 0.6 is 11.3 Å². The average Bonchev–Trinajstić information content (AvgIpc) is 3.13. The number of ketones is 1. The van der Waals surface area contributed by atoms with Crippen molar-refractivity contribution in [2.24, 2.45) is 0 Å². The smallest absolute Gasteiger partial charge is 0.260 e. The summed E-state index contributed by atoms with van der Waals surface area (Å²) in [5.74, 6) is -0.145. The van der Waals surface area contributed by atoms with Crippen molar-refractivity contribution in [2.75, 3.05) is 0 Å². The van der Waals surface area contributed by atoms with Gasteiger partial charge in [-0.2, -0.15) is 0 Å². The van der Waals surface area contributed by atoms with Gasteiger partial charge in [-0.25, -0.2) is 4.98 Å². The largest absolute Gasteiger partial charge is 0.303 e. The number of benzene rings is 2. The third-order valence-corrected chi connectivity index (χ3v) is 6.48. The Kier molecular flexibility index (Phi) is 4.17. The SMILES string of the molecule is O=C(c1ccc(-c2ccccc2)cc1)c1nc2sc3c(c2c(=O)[nH]1)CCCC3. The van der Waals surface area contributed by atoms with Crippen LogP contribution in [0, 0.1) is 0 Å². The highest BCUT2D eigenvalue weighted by molar-refractivity contribution is 7.18. The summed E-state index contributed by atoms with van der Waals surface area (Å²) in [6.45, 7) is 0. The molecule has 0 aliphatic heterocycles. The van der Waals surface area contributed by atoms with Crippen molar-refractivity contribution >= 4 is 27.3 Å². The maximum Gasteiger partial charge on any atom is 0.260 e. The van der Waals surface area contributed by atoms with Gasteiger partial charge >= 0.3 is 0 Å². The standard InChI is InChI=1S/C23H18N2O2S/c26-20(16-12-10-15(11-13-16)14-6-2-1-3-7-14)21-24-22(27)19-17-8-4-5-9-18(17)28-23(19)25-21/h1-3,6-7,10-13H,4-5,8-9H2,(H,24,25,27). The maximum absolute atomic E-state index is 12.9. The second-order valence-electron chi connectivity index (χ2n) is 7.08. The molecule has 0 spiro atoms. The number of H-pyrrole nitrogens is 1. The Morgan fingerprint density at radius 1 is 0.929 bits per heavy atom. The fourth-order valence-corrected chi connectivity index (χ4v) is 5.11. The molecule has 4 nitrogen and oxygen atoms in total. The van der Waals surface area contributed by atoms with Crippen molar-refractivity contribution < 1.29 is 4.79 Å².